The Bertz CT molecular complexity index is 729. The van der Waals surface area contributed by atoms with Gasteiger partial charge in [0.05, 0.1) is 16.2 Å². The van der Waals surface area contributed by atoms with Gasteiger partial charge in [-0.2, -0.15) is 0 Å². The molecule has 6 heteroatoms. The van der Waals surface area contributed by atoms with Crippen molar-refractivity contribution in [2.75, 3.05) is 5.32 Å². The second kappa shape index (κ2) is 6.05. The van der Waals surface area contributed by atoms with Crippen LogP contribution in [0.4, 0.5) is 11.4 Å². The van der Waals surface area contributed by atoms with Crippen LogP contribution in [0.2, 0.25) is 0 Å². The van der Waals surface area contributed by atoms with Crippen LogP contribution in [0.15, 0.2) is 40.9 Å². The zero-order valence-corrected chi connectivity index (χ0v) is 13.1. The molecule has 0 spiro atoms. The van der Waals surface area contributed by atoms with Crippen molar-refractivity contribution in [2.24, 2.45) is 0 Å². The molecule has 0 heterocycles. The number of carbonyl (C=O) groups is 1. The van der Waals surface area contributed by atoms with Crippen LogP contribution in [0.5, 0.6) is 0 Å². The van der Waals surface area contributed by atoms with E-state index in [0.29, 0.717) is 21.3 Å². The number of halogens is 1. The maximum Gasteiger partial charge on any atom is 0.274 e. The number of benzene rings is 2. The molecule has 0 aromatic heterocycles. The van der Waals surface area contributed by atoms with Gasteiger partial charge in [0.25, 0.3) is 11.6 Å². The van der Waals surface area contributed by atoms with Crippen molar-refractivity contribution >= 4 is 33.2 Å². The van der Waals surface area contributed by atoms with E-state index in [0.717, 1.165) is 5.56 Å². The maximum absolute atomic E-state index is 12.2. The lowest BCUT2D eigenvalue weighted by atomic mass is 10.1. The first-order chi connectivity index (χ1) is 9.90. The summed E-state index contributed by atoms with van der Waals surface area (Å²) in [6, 6.07) is 10.1. The summed E-state index contributed by atoms with van der Waals surface area (Å²) in [6.07, 6.45) is 0. The zero-order chi connectivity index (χ0) is 15.6. The highest BCUT2D eigenvalue weighted by atomic mass is 79.9. The number of amides is 1. The van der Waals surface area contributed by atoms with E-state index in [4.69, 9.17) is 0 Å². The van der Waals surface area contributed by atoms with Gasteiger partial charge in [-0.15, -0.1) is 0 Å². The third-order valence-electron chi connectivity index (χ3n) is 3.11. The first-order valence-corrected chi connectivity index (χ1v) is 7.01. The zero-order valence-electron chi connectivity index (χ0n) is 11.5. The quantitative estimate of drug-likeness (QED) is 0.666. The first kappa shape index (κ1) is 15.2. The smallest absolute Gasteiger partial charge is 0.274 e. The van der Waals surface area contributed by atoms with Crippen molar-refractivity contribution in [1.82, 2.24) is 0 Å². The van der Waals surface area contributed by atoms with Crippen molar-refractivity contribution in [1.29, 1.82) is 0 Å². The average Bonchev–Trinajstić information content (AvgIpc) is 2.41. The molecule has 0 saturated carbocycles. The van der Waals surface area contributed by atoms with Gasteiger partial charge in [0.15, 0.2) is 0 Å². The molecule has 0 fully saturated rings. The summed E-state index contributed by atoms with van der Waals surface area (Å²) in [7, 11) is 0. The van der Waals surface area contributed by atoms with Crippen molar-refractivity contribution < 1.29 is 9.72 Å². The van der Waals surface area contributed by atoms with Gasteiger partial charge >= 0.3 is 0 Å². The van der Waals surface area contributed by atoms with E-state index < -0.39 is 4.92 Å². The lowest BCUT2D eigenvalue weighted by Crippen LogP contribution is -2.13. The Labute approximate surface area is 130 Å². The number of carbonyl (C=O) groups excluding carboxylic acids is 1. The van der Waals surface area contributed by atoms with Crippen molar-refractivity contribution in [3.63, 3.8) is 0 Å². The lowest BCUT2D eigenvalue weighted by Gasteiger charge is -2.10. The Morgan fingerprint density at radius 1 is 1.19 bits per heavy atom. The molecule has 5 nitrogen and oxygen atoms in total. The summed E-state index contributed by atoms with van der Waals surface area (Å²) < 4.78 is 0.668. The van der Waals surface area contributed by atoms with Crippen LogP contribution < -0.4 is 5.32 Å². The highest BCUT2D eigenvalue weighted by Crippen LogP contribution is 2.27. The van der Waals surface area contributed by atoms with E-state index >= 15 is 0 Å². The van der Waals surface area contributed by atoms with Crippen molar-refractivity contribution in [3.05, 3.63) is 67.7 Å². The van der Waals surface area contributed by atoms with Gasteiger partial charge in [-0.1, -0.05) is 12.1 Å². The van der Waals surface area contributed by atoms with Crippen molar-refractivity contribution in [3.8, 4) is 0 Å². The molecule has 0 radical (unpaired) electrons. The minimum absolute atomic E-state index is 0.0111. The summed E-state index contributed by atoms with van der Waals surface area (Å²) in [5.74, 6) is -0.316. The molecule has 0 aliphatic heterocycles. The molecule has 0 unspecified atom stereocenters. The largest absolute Gasteiger partial charge is 0.321 e. The molecule has 2 rings (SSSR count). The van der Waals surface area contributed by atoms with Gasteiger partial charge in [0, 0.05) is 16.1 Å². The number of nitro groups is 1. The summed E-state index contributed by atoms with van der Waals surface area (Å²) in [6.45, 7) is 3.47. The average molecular weight is 349 g/mol. The molecule has 0 aliphatic rings. The standard InChI is InChI=1S/C15H13BrN2O3/c1-9-7-10(2)14(18(20)21)8-13(9)17-15(19)11-5-3-4-6-12(11)16/h3-8H,1-2H3,(H,17,19). The summed E-state index contributed by atoms with van der Waals surface area (Å²) in [5.41, 5.74) is 2.24. The molecule has 0 bridgehead atoms. The van der Waals surface area contributed by atoms with Gasteiger partial charge in [0.2, 0.25) is 0 Å². The van der Waals surface area contributed by atoms with Gasteiger partial charge in [-0.3, -0.25) is 14.9 Å². The molecule has 2 aromatic carbocycles. The van der Waals surface area contributed by atoms with E-state index in [9.17, 15) is 14.9 Å². The third kappa shape index (κ3) is 3.28. The van der Waals surface area contributed by atoms with Crippen LogP contribution >= 0.6 is 15.9 Å². The van der Waals surface area contributed by atoms with E-state index in [2.05, 4.69) is 21.2 Å². The molecule has 0 atom stereocenters. The highest BCUT2D eigenvalue weighted by Gasteiger charge is 2.16. The van der Waals surface area contributed by atoms with Crippen LogP contribution in [-0.4, -0.2) is 10.8 Å². The second-order valence-electron chi connectivity index (χ2n) is 4.64. The van der Waals surface area contributed by atoms with Crippen LogP contribution in [0.1, 0.15) is 21.5 Å². The predicted molar refractivity (Wildman–Crippen MR) is 84.7 cm³/mol. The number of nitrogens with one attached hydrogen (secondary N) is 1. The summed E-state index contributed by atoms with van der Waals surface area (Å²) in [5, 5.41) is 13.7. The Morgan fingerprint density at radius 3 is 2.48 bits per heavy atom. The molecular weight excluding hydrogens is 336 g/mol. The second-order valence-corrected chi connectivity index (χ2v) is 5.50. The fourth-order valence-electron chi connectivity index (χ4n) is 2.01. The molecular formula is C15H13BrN2O3. The fourth-order valence-corrected chi connectivity index (χ4v) is 2.47. The SMILES string of the molecule is Cc1cc(C)c([N+](=O)[O-])cc1NC(=O)c1ccccc1Br. The summed E-state index contributed by atoms with van der Waals surface area (Å²) in [4.78, 5) is 22.8. The number of nitro benzene ring substituents is 1. The minimum Gasteiger partial charge on any atom is -0.321 e. The Hall–Kier alpha value is -2.21. The predicted octanol–water partition coefficient (Wildman–Crippen LogP) is 4.23. The van der Waals surface area contributed by atoms with E-state index in [1.165, 1.54) is 6.07 Å². The normalized spacial score (nSPS) is 10.2. The van der Waals surface area contributed by atoms with Crippen LogP contribution in [-0.2, 0) is 0 Å². The van der Waals surface area contributed by atoms with Crippen molar-refractivity contribution in [2.45, 2.75) is 13.8 Å². The van der Waals surface area contributed by atoms with Crippen LogP contribution in [0.25, 0.3) is 0 Å². The number of aryl methyl sites for hydroxylation is 2. The van der Waals surface area contributed by atoms with Gasteiger partial charge < -0.3 is 5.32 Å². The van der Waals surface area contributed by atoms with E-state index in [1.807, 2.05) is 6.07 Å². The Kier molecular flexibility index (Phi) is 4.37. The van der Waals surface area contributed by atoms with Crippen LogP contribution in [0, 0.1) is 24.0 Å². The molecule has 1 N–H and O–H groups in total. The number of nitrogens with zero attached hydrogens (tertiary/aromatic N) is 1. The fraction of sp³-hybridized carbons (Fsp3) is 0.133. The van der Waals surface area contributed by atoms with Gasteiger partial charge in [0.1, 0.15) is 0 Å². The molecule has 2 aromatic rings. The molecule has 21 heavy (non-hydrogen) atoms. The monoisotopic (exact) mass is 348 g/mol. The topological polar surface area (TPSA) is 72.2 Å². The lowest BCUT2D eigenvalue weighted by molar-refractivity contribution is -0.385. The molecule has 0 saturated heterocycles. The molecule has 1 amide bonds. The van der Waals surface area contributed by atoms with E-state index in [-0.39, 0.29) is 11.6 Å². The molecule has 0 aliphatic carbocycles. The number of anilines is 1. The third-order valence-corrected chi connectivity index (χ3v) is 3.80. The number of rotatable bonds is 3. The van der Waals surface area contributed by atoms with Gasteiger partial charge in [-0.05, 0) is 53.5 Å². The van der Waals surface area contributed by atoms with Crippen LogP contribution in [0.3, 0.4) is 0 Å². The van der Waals surface area contributed by atoms with Gasteiger partial charge in [-0.25, -0.2) is 0 Å². The Morgan fingerprint density at radius 2 is 1.86 bits per heavy atom. The minimum atomic E-state index is -0.455. The maximum atomic E-state index is 12.2. The first-order valence-electron chi connectivity index (χ1n) is 6.21. The molecule has 108 valence electrons. The Balaban J connectivity index is 2.36. The van der Waals surface area contributed by atoms with E-state index in [1.54, 1.807) is 38.1 Å². The number of hydrogen-bond donors (Lipinski definition) is 1. The highest BCUT2D eigenvalue weighted by molar-refractivity contribution is 9.10. The number of hydrogen-bond acceptors (Lipinski definition) is 3. The summed E-state index contributed by atoms with van der Waals surface area (Å²) >= 11 is 3.31.